The van der Waals surface area contributed by atoms with Crippen LogP contribution in [-0.2, 0) is 0 Å². The second-order valence-corrected chi connectivity index (χ2v) is 24.4. The first kappa shape index (κ1) is 69.0. The maximum absolute atomic E-state index is 2.75. The van der Waals surface area contributed by atoms with Crippen LogP contribution in [0.25, 0.3) is 0 Å². The lowest BCUT2D eigenvalue weighted by Gasteiger charge is -2.41. The van der Waals surface area contributed by atoms with Crippen molar-refractivity contribution >= 4 is 0 Å². The van der Waals surface area contributed by atoms with Crippen LogP contribution in [0.2, 0.25) is 0 Å². The first-order chi connectivity index (χ1) is 35.6. The largest absolute Gasteiger partial charge is 0.0885 e. The molecular formula is C72H136. The molecule has 2 aliphatic rings. The Morgan fingerprint density at radius 1 is 0.208 bits per heavy atom. The van der Waals surface area contributed by atoms with Crippen LogP contribution in [-0.4, -0.2) is 0 Å². The molecule has 0 aliphatic heterocycles. The molecule has 0 nitrogen and oxygen atoms in total. The monoisotopic (exact) mass is 1000 g/mol. The SMILES string of the molecule is CCCCCC=CCC1C(CCCCCC)C=CC(CCCCCCCC)C1CC=CCCCCC.CCCCCCCCC1C=CC(CCCCCC)C(CCCCCCCC)C1CCCCCCCC. The first-order valence-corrected chi connectivity index (χ1v) is 34.2. The van der Waals surface area contributed by atoms with Crippen molar-refractivity contribution in [2.45, 2.75) is 364 Å². The van der Waals surface area contributed by atoms with E-state index in [9.17, 15) is 0 Å². The molecule has 0 saturated carbocycles. The third-order valence-electron chi connectivity index (χ3n) is 18.0. The van der Waals surface area contributed by atoms with Gasteiger partial charge in [-0.1, -0.05) is 335 Å². The molecule has 0 fully saturated rings. The van der Waals surface area contributed by atoms with Crippen molar-refractivity contribution in [1.82, 2.24) is 0 Å². The van der Waals surface area contributed by atoms with Crippen LogP contribution in [0, 0.1) is 47.3 Å². The zero-order valence-corrected chi connectivity index (χ0v) is 51.2. The summed E-state index contributed by atoms with van der Waals surface area (Å²) in [7, 11) is 0. The summed E-state index contributed by atoms with van der Waals surface area (Å²) < 4.78 is 0. The van der Waals surface area contributed by atoms with Gasteiger partial charge in [0.2, 0.25) is 0 Å². The van der Waals surface area contributed by atoms with Crippen molar-refractivity contribution in [3.63, 3.8) is 0 Å². The lowest BCUT2D eigenvalue weighted by atomic mass is 9.64. The number of rotatable bonds is 50. The highest BCUT2D eigenvalue weighted by atomic mass is 14.4. The van der Waals surface area contributed by atoms with Crippen LogP contribution >= 0.6 is 0 Å². The summed E-state index contributed by atoms with van der Waals surface area (Å²) in [5.41, 5.74) is 0. The Bertz CT molecular complexity index is 1180. The smallest absolute Gasteiger partial charge is 0.0199 e. The van der Waals surface area contributed by atoms with Crippen molar-refractivity contribution < 1.29 is 0 Å². The minimum atomic E-state index is 0.793. The molecule has 2 rings (SSSR count). The fourth-order valence-corrected chi connectivity index (χ4v) is 13.2. The molecule has 0 heterocycles. The van der Waals surface area contributed by atoms with E-state index in [0.717, 1.165) is 47.3 Å². The zero-order valence-electron chi connectivity index (χ0n) is 51.2. The molecule has 0 aromatic rings. The van der Waals surface area contributed by atoms with Crippen LogP contribution in [0.5, 0.6) is 0 Å². The molecule has 72 heavy (non-hydrogen) atoms. The quantitative estimate of drug-likeness (QED) is 0.0421. The van der Waals surface area contributed by atoms with Gasteiger partial charge in [0, 0.05) is 0 Å². The van der Waals surface area contributed by atoms with Crippen molar-refractivity contribution in [2.75, 3.05) is 0 Å². The van der Waals surface area contributed by atoms with Crippen molar-refractivity contribution in [1.29, 1.82) is 0 Å². The zero-order chi connectivity index (χ0) is 52.2. The van der Waals surface area contributed by atoms with E-state index in [4.69, 9.17) is 0 Å². The van der Waals surface area contributed by atoms with Crippen molar-refractivity contribution in [2.24, 2.45) is 47.3 Å². The van der Waals surface area contributed by atoms with Gasteiger partial charge in [0.15, 0.2) is 0 Å². The van der Waals surface area contributed by atoms with Crippen molar-refractivity contribution in [3.05, 3.63) is 48.6 Å². The van der Waals surface area contributed by atoms with E-state index >= 15 is 0 Å². The molecule has 8 atom stereocenters. The second kappa shape index (κ2) is 53.4. The highest BCUT2D eigenvalue weighted by molar-refractivity contribution is 5.09. The van der Waals surface area contributed by atoms with Gasteiger partial charge in [0.25, 0.3) is 0 Å². The van der Waals surface area contributed by atoms with Gasteiger partial charge in [0.1, 0.15) is 0 Å². The van der Waals surface area contributed by atoms with Gasteiger partial charge in [-0.3, -0.25) is 0 Å². The summed E-state index contributed by atoms with van der Waals surface area (Å²) in [5, 5.41) is 0. The van der Waals surface area contributed by atoms with E-state index in [0.29, 0.717) is 0 Å². The molecule has 0 aromatic carbocycles. The number of hydrogen-bond donors (Lipinski definition) is 0. The Labute approximate surface area is 457 Å². The summed E-state index contributed by atoms with van der Waals surface area (Å²) in [6, 6.07) is 0. The van der Waals surface area contributed by atoms with Gasteiger partial charge in [-0.15, -0.1) is 0 Å². The van der Waals surface area contributed by atoms with Crippen LogP contribution in [0.1, 0.15) is 364 Å². The predicted octanol–water partition coefficient (Wildman–Crippen LogP) is 26.0. The summed E-state index contributed by atoms with van der Waals surface area (Å²) >= 11 is 0. The Hall–Kier alpha value is -1.04. The van der Waals surface area contributed by atoms with E-state index in [1.54, 1.807) is 0 Å². The van der Waals surface area contributed by atoms with Crippen LogP contribution in [0.15, 0.2) is 48.6 Å². The minimum Gasteiger partial charge on any atom is -0.0885 e. The number of hydrogen-bond acceptors (Lipinski definition) is 0. The molecule has 0 bridgehead atoms. The van der Waals surface area contributed by atoms with Crippen LogP contribution in [0.3, 0.4) is 0 Å². The van der Waals surface area contributed by atoms with Crippen LogP contribution < -0.4 is 0 Å². The molecule has 0 N–H and O–H groups in total. The Morgan fingerprint density at radius 2 is 0.417 bits per heavy atom. The number of unbranched alkanes of at least 4 members (excludes halogenated alkanes) is 32. The van der Waals surface area contributed by atoms with Crippen molar-refractivity contribution in [3.8, 4) is 0 Å². The average molecular weight is 1000 g/mol. The fraction of sp³-hybridized carbons (Fsp3) is 0.889. The average Bonchev–Trinajstić information content (AvgIpc) is 3.39. The minimum absolute atomic E-state index is 0.793. The second-order valence-electron chi connectivity index (χ2n) is 24.4. The van der Waals surface area contributed by atoms with Gasteiger partial charge in [-0.05, 0) is 124 Å². The number of allylic oxidation sites excluding steroid dienone is 8. The van der Waals surface area contributed by atoms with Gasteiger partial charge in [-0.2, -0.15) is 0 Å². The third kappa shape index (κ3) is 36.9. The Kier molecular flexibility index (Phi) is 51.1. The molecule has 2 aliphatic carbocycles. The molecule has 8 unspecified atom stereocenters. The van der Waals surface area contributed by atoms with Gasteiger partial charge < -0.3 is 0 Å². The third-order valence-corrected chi connectivity index (χ3v) is 18.0. The molecule has 0 aromatic heterocycles. The molecule has 0 spiro atoms. The lowest BCUT2D eigenvalue weighted by molar-refractivity contribution is 0.145. The molecule has 424 valence electrons. The van der Waals surface area contributed by atoms with E-state index < -0.39 is 0 Å². The molecule has 0 amide bonds. The maximum Gasteiger partial charge on any atom is -0.0199 e. The predicted molar refractivity (Wildman–Crippen MR) is 331 cm³/mol. The molecular weight excluding hydrogens is 865 g/mol. The Morgan fingerprint density at radius 3 is 0.694 bits per heavy atom. The van der Waals surface area contributed by atoms with Gasteiger partial charge >= 0.3 is 0 Å². The molecule has 0 saturated heterocycles. The van der Waals surface area contributed by atoms with E-state index in [1.807, 2.05) is 0 Å². The highest BCUT2D eigenvalue weighted by Gasteiger charge is 2.36. The topological polar surface area (TPSA) is 0 Å². The highest BCUT2D eigenvalue weighted by Crippen LogP contribution is 2.45. The van der Waals surface area contributed by atoms with Gasteiger partial charge in [-0.25, -0.2) is 0 Å². The first-order valence-electron chi connectivity index (χ1n) is 34.2. The fourth-order valence-electron chi connectivity index (χ4n) is 13.2. The summed E-state index contributed by atoms with van der Waals surface area (Å²) in [6.07, 6.45) is 89.0. The summed E-state index contributed by atoms with van der Waals surface area (Å²) in [4.78, 5) is 0. The molecule has 0 radical (unpaired) electrons. The van der Waals surface area contributed by atoms with E-state index in [-0.39, 0.29) is 0 Å². The Balaban J connectivity index is 0.000000720. The standard InChI is InChI=1S/C36H70.C36H66/c2*1-5-9-13-17-20-24-28-34-32-31-33(27-23-16-12-8-4)35(29-25-21-18-14-10-6-2)36(34)30-26-22-19-15-11-7-3/h31-36H,5-30H2,1-4H3;21-22,25-26,31-36H,5-20,23-24,27-30H2,1-4H3. The summed E-state index contributed by atoms with van der Waals surface area (Å²) in [5.74, 6) is 6.97. The molecule has 0 heteroatoms. The maximum atomic E-state index is 2.75. The van der Waals surface area contributed by atoms with E-state index in [2.05, 4.69) is 104 Å². The summed E-state index contributed by atoms with van der Waals surface area (Å²) in [6.45, 7) is 18.7. The van der Waals surface area contributed by atoms with Crippen LogP contribution in [0.4, 0.5) is 0 Å². The normalized spacial score (nSPS) is 22.1. The lowest BCUT2D eigenvalue weighted by Crippen LogP contribution is -2.32. The van der Waals surface area contributed by atoms with E-state index in [1.165, 1.54) is 308 Å². The van der Waals surface area contributed by atoms with Gasteiger partial charge in [0.05, 0.1) is 0 Å².